The van der Waals surface area contributed by atoms with Crippen LogP contribution < -0.4 is 0 Å². The highest BCUT2D eigenvalue weighted by molar-refractivity contribution is 5.66. The molecule has 0 amide bonds. The van der Waals surface area contributed by atoms with Gasteiger partial charge in [-0.05, 0) is 12.8 Å². The first kappa shape index (κ1) is 7.96. The quantitative estimate of drug-likeness (QED) is 0.576. The molecular weight excluding hydrogens is 118 g/mol. The van der Waals surface area contributed by atoms with Crippen molar-refractivity contribution in [2.24, 2.45) is 0 Å². The monoisotopic (exact) mass is 127 g/mol. The second-order valence-electron chi connectivity index (χ2n) is 1.76. The standard InChI is InChI=1S/C6H9NO2/c7-5-3-1-2-4-6(8)9/h1-4H2,(H,8,9). The lowest BCUT2D eigenvalue weighted by Crippen LogP contribution is -1.92. The summed E-state index contributed by atoms with van der Waals surface area (Å²) in [6.45, 7) is 0. The zero-order valence-corrected chi connectivity index (χ0v) is 5.13. The summed E-state index contributed by atoms with van der Waals surface area (Å²) in [5.74, 6) is -0.784. The van der Waals surface area contributed by atoms with Crippen molar-refractivity contribution in [3.8, 4) is 6.07 Å². The van der Waals surface area contributed by atoms with Crippen LogP contribution in [0.15, 0.2) is 0 Å². The molecule has 1 N–H and O–H groups in total. The summed E-state index contributed by atoms with van der Waals surface area (Å²) in [6.07, 6.45) is 1.96. The molecule has 0 rings (SSSR count). The Morgan fingerprint density at radius 3 is 2.67 bits per heavy atom. The largest absolute Gasteiger partial charge is 0.481 e. The van der Waals surface area contributed by atoms with Gasteiger partial charge in [-0.1, -0.05) is 0 Å². The zero-order valence-electron chi connectivity index (χ0n) is 5.13. The van der Waals surface area contributed by atoms with Crippen molar-refractivity contribution in [1.82, 2.24) is 0 Å². The van der Waals surface area contributed by atoms with E-state index in [0.29, 0.717) is 19.3 Å². The Kier molecular flexibility index (Phi) is 4.51. The van der Waals surface area contributed by atoms with Crippen LogP contribution in [0.3, 0.4) is 0 Å². The summed E-state index contributed by atoms with van der Waals surface area (Å²) in [7, 11) is 0. The van der Waals surface area contributed by atoms with Crippen LogP contribution >= 0.6 is 0 Å². The van der Waals surface area contributed by atoms with E-state index in [9.17, 15) is 4.79 Å². The Morgan fingerprint density at radius 1 is 1.56 bits per heavy atom. The lowest BCUT2D eigenvalue weighted by molar-refractivity contribution is -0.137. The van der Waals surface area contributed by atoms with Crippen molar-refractivity contribution in [3.63, 3.8) is 0 Å². The van der Waals surface area contributed by atoms with E-state index in [1.165, 1.54) is 0 Å². The second-order valence-corrected chi connectivity index (χ2v) is 1.76. The average molecular weight is 127 g/mol. The summed E-state index contributed by atoms with van der Waals surface area (Å²) in [5, 5.41) is 16.2. The fourth-order valence-electron chi connectivity index (χ4n) is 0.480. The predicted octanol–water partition coefficient (Wildman–Crippen LogP) is 1.15. The Labute approximate surface area is 53.9 Å². The number of rotatable bonds is 4. The molecule has 3 heteroatoms. The maximum Gasteiger partial charge on any atom is 0.303 e. The topological polar surface area (TPSA) is 61.1 Å². The molecule has 0 saturated heterocycles. The van der Waals surface area contributed by atoms with Crippen LogP contribution in [0.4, 0.5) is 0 Å². The van der Waals surface area contributed by atoms with Gasteiger partial charge in [0.15, 0.2) is 0 Å². The molecule has 9 heavy (non-hydrogen) atoms. The molecule has 0 fully saturated rings. The minimum atomic E-state index is -0.784. The third-order valence-electron chi connectivity index (χ3n) is 0.929. The van der Waals surface area contributed by atoms with E-state index in [4.69, 9.17) is 10.4 Å². The van der Waals surface area contributed by atoms with Crippen molar-refractivity contribution in [3.05, 3.63) is 0 Å². The highest BCUT2D eigenvalue weighted by Gasteiger charge is 1.94. The van der Waals surface area contributed by atoms with Crippen LogP contribution in [0.5, 0.6) is 0 Å². The number of carboxylic acid groups (broad SMARTS) is 1. The van der Waals surface area contributed by atoms with Gasteiger partial charge in [0.25, 0.3) is 0 Å². The molecule has 50 valence electrons. The van der Waals surface area contributed by atoms with Gasteiger partial charge in [0.05, 0.1) is 6.07 Å². The van der Waals surface area contributed by atoms with Crippen LogP contribution in [0.1, 0.15) is 25.7 Å². The summed E-state index contributed by atoms with van der Waals surface area (Å²) in [5.41, 5.74) is 0. The minimum Gasteiger partial charge on any atom is -0.481 e. The van der Waals surface area contributed by atoms with Gasteiger partial charge in [-0.15, -0.1) is 0 Å². The van der Waals surface area contributed by atoms with Gasteiger partial charge in [0.1, 0.15) is 0 Å². The third-order valence-corrected chi connectivity index (χ3v) is 0.929. The molecule has 0 aromatic rings. The molecule has 0 bridgehead atoms. The van der Waals surface area contributed by atoms with E-state index in [2.05, 4.69) is 0 Å². The molecule has 0 spiro atoms. The number of nitriles is 1. The van der Waals surface area contributed by atoms with Crippen molar-refractivity contribution in [1.29, 1.82) is 5.26 Å². The van der Waals surface area contributed by atoms with Gasteiger partial charge < -0.3 is 5.11 Å². The zero-order chi connectivity index (χ0) is 7.11. The lowest BCUT2D eigenvalue weighted by Gasteiger charge is -1.88. The van der Waals surface area contributed by atoms with Gasteiger partial charge in [-0.3, -0.25) is 4.79 Å². The molecule has 0 radical (unpaired) electrons. The molecule has 0 aliphatic rings. The van der Waals surface area contributed by atoms with Crippen LogP contribution in [0, 0.1) is 11.3 Å². The molecule has 0 aromatic carbocycles. The Hall–Kier alpha value is -1.04. The van der Waals surface area contributed by atoms with Crippen LogP contribution in [-0.2, 0) is 4.79 Å². The molecule has 0 unspecified atom stereocenters. The normalized spacial score (nSPS) is 8.33. The van der Waals surface area contributed by atoms with E-state index < -0.39 is 5.97 Å². The van der Waals surface area contributed by atoms with Gasteiger partial charge in [-0.2, -0.15) is 5.26 Å². The number of unbranched alkanes of at least 4 members (excludes halogenated alkanes) is 2. The Bertz CT molecular complexity index is 126. The first-order chi connectivity index (χ1) is 4.27. The smallest absolute Gasteiger partial charge is 0.303 e. The van der Waals surface area contributed by atoms with Crippen LogP contribution in [0.25, 0.3) is 0 Å². The molecular formula is C6H9NO2. The highest BCUT2D eigenvalue weighted by atomic mass is 16.4. The van der Waals surface area contributed by atoms with Crippen LogP contribution in [-0.4, -0.2) is 11.1 Å². The number of carboxylic acids is 1. The predicted molar refractivity (Wildman–Crippen MR) is 31.7 cm³/mol. The van der Waals surface area contributed by atoms with E-state index in [1.54, 1.807) is 0 Å². The van der Waals surface area contributed by atoms with Crippen molar-refractivity contribution in [2.45, 2.75) is 25.7 Å². The van der Waals surface area contributed by atoms with Gasteiger partial charge >= 0.3 is 5.97 Å². The maximum atomic E-state index is 9.88. The Morgan fingerprint density at radius 2 is 2.22 bits per heavy atom. The van der Waals surface area contributed by atoms with E-state index in [0.717, 1.165) is 0 Å². The minimum absolute atomic E-state index is 0.182. The average Bonchev–Trinajstić information content (AvgIpc) is 1.80. The number of aliphatic carboxylic acids is 1. The fourth-order valence-corrected chi connectivity index (χ4v) is 0.480. The summed E-state index contributed by atoms with van der Waals surface area (Å²) < 4.78 is 0. The summed E-state index contributed by atoms with van der Waals surface area (Å²) in [4.78, 5) is 9.88. The van der Waals surface area contributed by atoms with E-state index >= 15 is 0 Å². The van der Waals surface area contributed by atoms with Gasteiger partial charge in [0.2, 0.25) is 0 Å². The summed E-state index contributed by atoms with van der Waals surface area (Å²) >= 11 is 0. The Balaban J connectivity index is 2.94. The maximum absolute atomic E-state index is 9.88. The molecule has 0 aliphatic carbocycles. The highest BCUT2D eigenvalue weighted by Crippen LogP contribution is 1.97. The first-order valence-electron chi connectivity index (χ1n) is 2.86. The molecule has 0 atom stereocenters. The second kappa shape index (κ2) is 5.10. The molecule has 0 heterocycles. The third kappa shape index (κ3) is 6.96. The first-order valence-corrected chi connectivity index (χ1v) is 2.86. The number of hydrogen-bond acceptors (Lipinski definition) is 2. The number of carbonyl (C=O) groups is 1. The van der Waals surface area contributed by atoms with E-state index in [1.807, 2.05) is 6.07 Å². The van der Waals surface area contributed by atoms with Crippen molar-refractivity contribution < 1.29 is 9.90 Å². The van der Waals surface area contributed by atoms with E-state index in [-0.39, 0.29) is 6.42 Å². The lowest BCUT2D eigenvalue weighted by atomic mass is 10.2. The molecule has 0 aliphatic heterocycles. The SMILES string of the molecule is N#CCCCCC(=O)O. The molecule has 3 nitrogen and oxygen atoms in total. The van der Waals surface area contributed by atoms with Crippen molar-refractivity contribution in [2.75, 3.05) is 0 Å². The fraction of sp³-hybridized carbons (Fsp3) is 0.667. The molecule has 0 aromatic heterocycles. The number of hydrogen-bond donors (Lipinski definition) is 1. The van der Waals surface area contributed by atoms with Gasteiger partial charge in [0, 0.05) is 12.8 Å². The van der Waals surface area contributed by atoms with Crippen molar-refractivity contribution >= 4 is 5.97 Å². The summed E-state index contributed by atoms with van der Waals surface area (Å²) in [6, 6.07) is 1.95. The van der Waals surface area contributed by atoms with Gasteiger partial charge in [-0.25, -0.2) is 0 Å². The van der Waals surface area contributed by atoms with Crippen LogP contribution in [0.2, 0.25) is 0 Å². The number of nitrogens with zero attached hydrogens (tertiary/aromatic N) is 1. The molecule has 0 saturated carbocycles.